The quantitative estimate of drug-likeness (QED) is 0.649. The van der Waals surface area contributed by atoms with Crippen LogP contribution in [0, 0.1) is 10.9 Å². The normalized spacial score (nSPS) is 15.1. The number of hydrogen-bond acceptors (Lipinski definition) is 4. The summed E-state index contributed by atoms with van der Waals surface area (Å²) in [5.74, 6) is 0.0565. The molecule has 0 saturated heterocycles. The molecule has 1 aliphatic heterocycles. The second-order valence-electron chi connectivity index (χ2n) is 4.53. The van der Waals surface area contributed by atoms with Gasteiger partial charge in [0.05, 0.1) is 19.6 Å². The van der Waals surface area contributed by atoms with E-state index >= 15 is 0 Å². The molecule has 0 fully saturated rings. The molecule has 0 aromatic carbocycles. The number of nitrogens with one attached hydrogen (secondary N) is 2. The van der Waals surface area contributed by atoms with Gasteiger partial charge >= 0.3 is 0 Å². The molecule has 19 heavy (non-hydrogen) atoms. The molecule has 0 aliphatic carbocycles. The molecule has 2 N–H and O–H groups in total. The minimum Gasteiger partial charge on any atom is -0.377 e. The van der Waals surface area contributed by atoms with Crippen molar-refractivity contribution in [1.82, 2.24) is 10.3 Å². The number of aromatic nitrogens is 1. The second kappa shape index (κ2) is 6.98. The number of rotatable bonds is 5. The average molecular weight is 298 g/mol. The summed E-state index contributed by atoms with van der Waals surface area (Å²) in [6, 6.07) is 0. The molecule has 2 rings (SSSR count). The van der Waals surface area contributed by atoms with Crippen LogP contribution in [0.1, 0.15) is 23.4 Å². The van der Waals surface area contributed by atoms with E-state index < -0.39 is 0 Å². The molecule has 2 heterocycles. The van der Waals surface area contributed by atoms with E-state index in [2.05, 4.69) is 16.4 Å². The van der Waals surface area contributed by atoms with Gasteiger partial charge < -0.3 is 15.0 Å². The van der Waals surface area contributed by atoms with Gasteiger partial charge in [-0.2, -0.15) is 0 Å². The van der Waals surface area contributed by atoms with Crippen LogP contribution in [0.4, 0.5) is 0 Å². The van der Waals surface area contributed by atoms with E-state index in [-0.39, 0.29) is 5.91 Å². The molecule has 1 aromatic rings. The Hall–Kier alpha value is -0.980. The van der Waals surface area contributed by atoms with Gasteiger partial charge in [-0.15, -0.1) is 11.3 Å². The van der Waals surface area contributed by atoms with Crippen molar-refractivity contribution in [2.24, 2.45) is 0 Å². The van der Waals surface area contributed by atoms with Gasteiger partial charge in [-0.05, 0) is 32.0 Å². The minimum absolute atomic E-state index is 0.0565. The third kappa shape index (κ3) is 4.56. The molecule has 0 spiro atoms. The average Bonchev–Trinajstić information content (AvgIpc) is 2.69. The zero-order chi connectivity index (χ0) is 13.7. The number of aromatic amines is 1. The molecule has 6 heteroatoms. The fraction of sp³-hybridized carbons (Fsp3) is 0.538. The maximum Gasteiger partial charge on any atom is 0.225 e. The van der Waals surface area contributed by atoms with Crippen LogP contribution in [0.5, 0.6) is 0 Å². The van der Waals surface area contributed by atoms with E-state index in [1.165, 1.54) is 16.9 Å². The first kappa shape index (κ1) is 14.4. The van der Waals surface area contributed by atoms with Crippen molar-refractivity contribution >= 4 is 29.5 Å². The highest BCUT2D eigenvalue weighted by atomic mass is 32.1. The largest absolute Gasteiger partial charge is 0.377 e. The first-order valence-corrected chi connectivity index (χ1v) is 7.58. The van der Waals surface area contributed by atoms with Crippen LogP contribution < -0.4 is 5.32 Å². The monoisotopic (exact) mass is 298 g/mol. The van der Waals surface area contributed by atoms with E-state index in [0.29, 0.717) is 19.6 Å². The van der Waals surface area contributed by atoms with Gasteiger partial charge in [0.2, 0.25) is 5.91 Å². The van der Waals surface area contributed by atoms with Crippen LogP contribution in [-0.2, 0) is 16.0 Å². The molecule has 0 atom stereocenters. The van der Waals surface area contributed by atoms with E-state index in [1.807, 2.05) is 6.92 Å². The van der Waals surface area contributed by atoms with Crippen molar-refractivity contribution in [2.45, 2.75) is 26.2 Å². The molecule has 0 unspecified atom stereocenters. The molecule has 0 radical (unpaired) electrons. The highest BCUT2D eigenvalue weighted by Gasteiger charge is 2.09. The van der Waals surface area contributed by atoms with Crippen LogP contribution in [0.3, 0.4) is 0 Å². The fourth-order valence-electron chi connectivity index (χ4n) is 1.97. The molecule has 1 amide bonds. The number of aryl methyl sites for hydroxylation is 1. The van der Waals surface area contributed by atoms with Crippen LogP contribution in [0.2, 0.25) is 0 Å². The molecule has 0 bridgehead atoms. The van der Waals surface area contributed by atoms with Crippen molar-refractivity contribution < 1.29 is 9.53 Å². The fourth-order valence-corrected chi connectivity index (χ4v) is 3.26. The lowest BCUT2D eigenvalue weighted by Gasteiger charge is -2.13. The third-order valence-corrected chi connectivity index (χ3v) is 4.41. The van der Waals surface area contributed by atoms with Crippen molar-refractivity contribution in [3.63, 3.8) is 0 Å². The maximum atomic E-state index is 11.8. The van der Waals surface area contributed by atoms with Gasteiger partial charge in [0, 0.05) is 17.1 Å². The Morgan fingerprint density at radius 3 is 3.11 bits per heavy atom. The third-order valence-electron chi connectivity index (χ3n) is 3.07. The van der Waals surface area contributed by atoms with Crippen LogP contribution in [0.15, 0.2) is 11.6 Å². The Morgan fingerprint density at radius 2 is 2.47 bits per heavy atom. The van der Waals surface area contributed by atoms with Gasteiger partial charge in [-0.3, -0.25) is 4.79 Å². The highest BCUT2D eigenvalue weighted by Crippen LogP contribution is 2.15. The zero-order valence-corrected chi connectivity index (χ0v) is 12.6. The molecular weight excluding hydrogens is 280 g/mol. The lowest BCUT2D eigenvalue weighted by Crippen LogP contribution is -2.26. The van der Waals surface area contributed by atoms with Gasteiger partial charge in [0.1, 0.15) is 0 Å². The number of ether oxygens (including phenoxy) is 1. The Balaban J connectivity index is 1.74. The molecule has 4 nitrogen and oxygen atoms in total. The van der Waals surface area contributed by atoms with E-state index in [9.17, 15) is 4.79 Å². The number of amides is 1. The van der Waals surface area contributed by atoms with E-state index in [1.54, 1.807) is 0 Å². The van der Waals surface area contributed by atoms with E-state index in [0.717, 1.165) is 34.0 Å². The SMILES string of the molecule is Cc1[nH]c(=S)sc1CC(=O)NCCC1=CCOCC1. The zero-order valence-electron chi connectivity index (χ0n) is 11.0. The van der Waals surface area contributed by atoms with Gasteiger partial charge in [-0.25, -0.2) is 0 Å². The summed E-state index contributed by atoms with van der Waals surface area (Å²) in [6.07, 6.45) is 4.41. The number of H-pyrrole nitrogens is 1. The molecule has 0 saturated carbocycles. The minimum atomic E-state index is 0.0565. The van der Waals surface area contributed by atoms with Gasteiger partial charge in [-0.1, -0.05) is 11.6 Å². The Morgan fingerprint density at radius 1 is 1.63 bits per heavy atom. The first-order valence-electron chi connectivity index (χ1n) is 6.36. The standard InChI is InChI=1S/C13H18N2O2S2/c1-9-11(19-13(18)15-9)8-12(16)14-5-2-10-3-6-17-7-4-10/h3H,2,4-8H2,1H3,(H,14,16)(H,15,18). The summed E-state index contributed by atoms with van der Waals surface area (Å²) in [7, 11) is 0. The Bertz CT molecular complexity index is 531. The van der Waals surface area contributed by atoms with Crippen LogP contribution in [0.25, 0.3) is 0 Å². The topological polar surface area (TPSA) is 54.1 Å². The predicted octanol–water partition coefficient (Wildman–Crippen LogP) is 2.51. The van der Waals surface area contributed by atoms with Crippen LogP contribution >= 0.6 is 23.6 Å². The maximum absolute atomic E-state index is 11.8. The molecule has 1 aliphatic rings. The summed E-state index contributed by atoms with van der Waals surface area (Å²) in [5.41, 5.74) is 2.37. The Labute approximate surface area is 121 Å². The molecule has 1 aromatic heterocycles. The molecule has 104 valence electrons. The number of carbonyl (C=O) groups is 1. The van der Waals surface area contributed by atoms with E-state index in [4.69, 9.17) is 17.0 Å². The number of carbonyl (C=O) groups excluding carboxylic acids is 1. The Kier molecular flexibility index (Phi) is 5.30. The van der Waals surface area contributed by atoms with Crippen LogP contribution in [-0.4, -0.2) is 30.6 Å². The van der Waals surface area contributed by atoms with Crippen molar-refractivity contribution in [3.05, 3.63) is 26.2 Å². The summed E-state index contributed by atoms with van der Waals surface area (Å²) < 4.78 is 5.98. The van der Waals surface area contributed by atoms with Crippen molar-refractivity contribution in [2.75, 3.05) is 19.8 Å². The summed E-state index contributed by atoms with van der Waals surface area (Å²) >= 11 is 6.53. The lowest BCUT2D eigenvalue weighted by atomic mass is 10.1. The number of hydrogen-bond donors (Lipinski definition) is 2. The predicted molar refractivity (Wildman–Crippen MR) is 79.1 cm³/mol. The van der Waals surface area contributed by atoms with Crippen molar-refractivity contribution in [3.8, 4) is 0 Å². The smallest absolute Gasteiger partial charge is 0.225 e. The highest BCUT2D eigenvalue weighted by molar-refractivity contribution is 7.73. The lowest BCUT2D eigenvalue weighted by molar-refractivity contribution is -0.120. The summed E-state index contributed by atoms with van der Waals surface area (Å²) in [5, 5.41) is 2.95. The second-order valence-corrected chi connectivity index (χ2v) is 6.30. The van der Waals surface area contributed by atoms with Gasteiger partial charge in [0.25, 0.3) is 0 Å². The number of thiazole rings is 1. The first-order chi connectivity index (χ1) is 9.15. The molecular formula is C13H18N2O2S2. The summed E-state index contributed by atoms with van der Waals surface area (Å²) in [6.45, 7) is 4.14. The summed E-state index contributed by atoms with van der Waals surface area (Å²) in [4.78, 5) is 15.9. The van der Waals surface area contributed by atoms with Crippen molar-refractivity contribution in [1.29, 1.82) is 0 Å². The van der Waals surface area contributed by atoms with Gasteiger partial charge in [0.15, 0.2) is 3.95 Å².